The lowest BCUT2D eigenvalue weighted by atomic mass is 9.95. The maximum atomic E-state index is 3.52. The summed E-state index contributed by atoms with van der Waals surface area (Å²) in [4.78, 5) is 4.97. The SMILES string of the molecule is CNC(Cc1ccc(C)c(C)c1)CC1CN(C)CCN1C. The summed E-state index contributed by atoms with van der Waals surface area (Å²) < 4.78 is 0. The van der Waals surface area contributed by atoms with Crippen LogP contribution in [-0.4, -0.2) is 62.7 Å². The third kappa shape index (κ3) is 4.53. The van der Waals surface area contributed by atoms with Gasteiger partial charge in [-0.1, -0.05) is 18.2 Å². The van der Waals surface area contributed by atoms with Crippen molar-refractivity contribution in [3.8, 4) is 0 Å². The number of nitrogens with zero attached hydrogens (tertiary/aromatic N) is 2. The van der Waals surface area contributed by atoms with Crippen molar-refractivity contribution >= 4 is 0 Å². The van der Waals surface area contributed by atoms with Gasteiger partial charge in [0.05, 0.1) is 0 Å². The van der Waals surface area contributed by atoms with Gasteiger partial charge in [0.25, 0.3) is 0 Å². The van der Waals surface area contributed by atoms with Crippen LogP contribution < -0.4 is 5.32 Å². The molecule has 1 aliphatic rings. The summed E-state index contributed by atoms with van der Waals surface area (Å²) in [7, 11) is 6.59. The second-order valence-electron chi connectivity index (χ2n) is 6.74. The zero-order valence-electron chi connectivity index (χ0n) is 14.3. The Kier molecular flexibility index (Phi) is 5.80. The normalized spacial score (nSPS) is 22.4. The quantitative estimate of drug-likeness (QED) is 0.895. The van der Waals surface area contributed by atoms with Crippen molar-refractivity contribution in [3.63, 3.8) is 0 Å². The predicted octanol–water partition coefficient (Wildman–Crippen LogP) is 2.07. The maximum Gasteiger partial charge on any atom is 0.0235 e. The maximum absolute atomic E-state index is 3.52. The number of benzene rings is 1. The molecule has 0 aliphatic carbocycles. The van der Waals surface area contributed by atoms with Crippen LogP contribution in [0.5, 0.6) is 0 Å². The molecule has 2 rings (SSSR count). The minimum Gasteiger partial charge on any atom is -0.317 e. The van der Waals surface area contributed by atoms with E-state index in [2.05, 4.69) is 68.3 Å². The lowest BCUT2D eigenvalue weighted by molar-refractivity contribution is 0.102. The first-order valence-corrected chi connectivity index (χ1v) is 8.11. The first-order chi connectivity index (χ1) is 9.99. The van der Waals surface area contributed by atoms with E-state index in [4.69, 9.17) is 0 Å². The lowest BCUT2D eigenvalue weighted by Crippen LogP contribution is -2.52. The number of hydrogen-bond donors (Lipinski definition) is 1. The van der Waals surface area contributed by atoms with Crippen LogP contribution in [0.3, 0.4) is 0 Å². The van der Waals surface area contributed by atoms with Crippen molar-refractivity contribution in [3.05, 3.63) is 34.9 Å². The monoisotopic (exact) mass is 289 g/mol. The molecule has 2 unspecified atom stereocenters. The van der Waals surface area contributed by atoms with Crippen molar-refractivity contribution in [1.29, 1.82) is 0 Å². The molecule has 1 N–H and O–H groups in total. The molecule has 1 aliphatic heterocycles. The molecular formula is C18H31N3. The fourth-order valence-electron chi connectivity index (χ4n) is 3.20. The Morgan fingerprint density at radius 3 is 2.62 bits per heavy atom. The molecule has 1 heterocycles. The summed E-state index contributed by atoms with van der Waals surface area (Å²) in [5, 5.41) is 3.52. The standard InChI is InChI=1S/C18H31N3/c1-14-6-7-16(10-15(14)2)11-17(19-3)12-18-13-20(4)8-9-21(18)5/h6-7,10,17-19H,8-9,11-13H2,1-5H3. The third-order valence-electron chi connectivity index (χ3n) is 5.00. The van der Waals surface area contributed by atoms with Crippen LogP contribution in [0.25, 0.3) is 0 Å². The van der Waals surface area contributed by atoms with Gasteiger partial charge in [-0.15, -0.1) is 0 Å². The molecule has 1 aromatic carbocycles. The smallest absolute Gasteiger partial charge is 0.0235 e. The van der Waals surface area contributed by atoms with E-state index in [-0.39, 0.29) is 0 Å². The number of piperazine rings is 1. The molecule has 0 radical (unpaired) electrons. The Morgan fingerprint density at radius 2 is 1.95 bits per heavy atom. The van der Waals surface area contributed by atoms with Gasteiger partial charge in [0.1, 0.15) is 0 Å². The molecule has 1 aromatic rings. The van der Waals surface area contributed by atoms with Crippen LogP contribution in [-0.2, 0) is 6.42 Å². The highest BCUT2D eigenvalue weighted by atomic mass is 15.3. The van der Waals surface area contributed by atoms with Crippen LogP contribution in [0.2, 0.25) is 0 Å². The summed E-state index contributed by atoms with van der Waals surface area (Å²) in [5.41, 5.74) is 4.23. The number of hydrogen-bond acceptors (Lipinski definition) is 3. The molecule has 3 nitrogen and oxygen atoms in total. The average Bonchev–Trinajstić information content (AvgIpc) is 2.46. The molecule has 0 amide bonds. The zero-order valence-corrected chi connectivity index (χ0v) is 14.3. The molecule has 0 saturated carbocycles. The minimum absolute atomic E-state index is 0.547. The van der Waals surface area contributed by atoms with Crippen LogP contribution in [0.15, 0.2) is 18.2 Å². The molecule has 0 spiro atoms. The van der Waals surface area contributed by atoms with E-state index in [1.807, 2.05) is 0 Å². The first kappa shape index (κ1) is 16.5. The van der Waals surface area contributed by atoms with Gasteiger partial charge in [-0.05, 0) is 64.5 Å². The fraction of sp³-hybridized carbons (Fsp3) is 0.667. The van der Waals surface area contributed by atoms with Crippen LogP contribution >= 0.6 is 0 Å². The molecular weight excluding hydrogens is 258 g/mol. The highest BCUT2D eigenvalue weighted by molar-refractivity contribution is 5.30. The van der Waals surface area contributed by atoms with Crippen molar-refractivity contribution in [2.24, 2.45) is 0 Å². The number of nitrogens with one attached hydrogen (secondary N) is 1. The van der Waals surface area contributed by atoms with E-state index < -0.39 is 0 Å². The van der Waals surface area contributed by atoms with Crippen LogP contribution in [0, 0.1) is 13.8 Å². The van der Waals surface area contributed by atoms with Crippen LogP contribution in [0.1, 0.15) is 23.1 Å². The van der Waals surface area contributed by atoms with Crippen molar-refractivity contribution in [2.75, 3.05) is 40.8 Å². The zero-order chi connectivity index (χ0) is 15.4. The average molecular weight is 289 g/mol. The van der Waals surface area contributed by atoms with Crippen LogP contribution in [0.4, 0.5) is 0 Å². The molecule has 1 fully saturated rings. The second kappa shape index (κ2) is 7.39. The van der Waals surface area contributed by atoms with Gasteiger partial charge in [-0.25, -0.2) is 0 Å². The Bertz CT molecular complexity index is 458. The molecule has 0 bridgehead atoms. The second-order valence-corrected chi connectivity index (χ2v) is 6.74. The first-order valence-electron chi connectivity index (χ1n) is 8.11. The Labute approximate surface area is 130 Å². The van der Waals surface area contributed by atoms with Gasteiger partial charge in [0, 0.05) is 31.7 Å². The van der Waals surface area contributed by atoms with Gasteiger partial charge in [-0.2, -0.15) is 0 Å². The molecule has 1 saturated heterocycles. The summed E-state index contributed by atoms with van der Waals surface area (Å²) in [6, 6.07) is 8.08. The Balaban J connectivity index is 1.97. The number of likely N-dealkylation sites (N-methyl/N-ethyl adjacent to an activating group) is 3. The summed E-state index contributed by atoms with van der Waals surface area (Å²) in [6.45, 7) is 7.94. The number of rotatable bonds is 5. The summed E-state index contributed by atoms with van der Waals surface area (Å²) >= 11 is 0. The van der Waals surface area contributed by atoms with Gasteiger partial charge in [0.15, 0.2) is 0 Å². The van der Waals surface area contributed by atoms with Gasteiger partial charge in [-0.3, -0.25) is 0 Å². The van der Waals surface area contributed by atoms with Gasteiger partial charge >= 0.3 is 0 Å². The van der Waals surface area contributed by atoms with Gasteiger partial charge < -0.3 is 15.1 Å². The third-order valence-corrected chi connectivity index (χ3v) is 5.00. The Morgan fingerprint density at radius 1 is 1.19 bits per heavy atom. The summed E-state index contributed by atoms with van der Waals surface area (Å²) in [6.07, 6.45) is 2.33. The molecule has 21 heavy (non-hydrogen) atoms. The Hall–Kier alpha value is -0.900. The molecule has 3 heteroatoms. The molecule has 118 valence electrons. The van der Waals surface area contributed by atoms with E-state index in [1.165, 1.54) is 42.7 Å². The van der Waals surface area contributed by atoms with E-state index in [0.29, 0.717) is 12.1 Å². The predicted molar refractivity (Wildman–Crippen MR) is 91.0 cm³/mol. The van der Waals surface area contributed by atoms with E-state index >= 15 is 0 Å². The molecule has 0 aromatic heterocycles. The van der Waals surface area contributed by atoms with Gasteiger partial charge in [0.2, 0.25) is 0 Å². The summed E-state index contributed by atoms with van der Waals surface area (Å²) in [5.74, 6) is 0. The molecule has 2 atom stereocenters. The van der Waals surface area contributed by atoms with E-state index in [0.717, 1.165) is 6.42 Å². The topological polar surface area (TPSA) is 18.5 Å². The highest BCUT2D eigenvalue weighted by Crippen LogP contribution is 2.16. The fourth-order valence-corrected chi connectivity index (χ4v) is 3.20. The van der Waals surface area contributed by atoms with Crippen molar-refractivity contribution in [2.45, 2.75) is 38.8 Å². The minimum atomic E-state index is 0.547. The largest absolute Gasteiger partial charge is 0.317 e. The van der Waals surface area contributed by atoms with E-state index in [9.17, 15) is 0 Å². The number of aryl methyl sites for hydroxylation is 2. The van der Waals surface area contributed by atoms with Crippen molar-refractivity contribution < 1.29 is 0 Å². The van der Waals surface area contributed by atoms with E-state index in [1.54, 1.807) is 0 Å². The van der Waals surface area contributed by atoms with Crippen molar-refractivity contribution in [1.82, 2.24) is 15.1 Å². The highest BCUT2D eigenvalue weighted by Gasteiger charge is 2.24. The lowest BCUT2D eigenvalue weighted by Gasteiger charge is -2.39.